The molecule has 1 aliphatic heterocycles. The lowest BCUT2D eigenvalue weighted by molar-refractivity contribution is -0.141. The van der Waals surface area contributed by atoms with Gasteiger partial charge in [-0.1, -0.05) is 42.5 Å². The van der Waals surface area contributed by atoms with Crippen LogP contribution in [0.25, 0.3) is 0 Å². The summed E-state index contributed by atoms with van der Waals surface area (Å²) in [5.74, 6) is -0.385. The Morgan fingerprint density at radius 3 is 2.04 bits per heavy atom. The van der Waals surface area contributed by atoms with E-state index in [0.717, 1.165) is 4.88 Å². The molecule has 1 aromatic heterocycles. The molecule has 0 saturated carbocycles. The van der Waals surface area contributed by atoms with Crippen LogP contribution in [-0.4, -0.2) is 12.1 Å². The topological polar surface area (TPSA) is 55.4 Å². The Kier molecular flexibility index (Phi) is 5.07. The molecule has 0 fully saturated rings. The maximum atomic E-state index is 14.5. The summed E-state index contributed by atoms with van der Waals surface area (Å²) in [6.07, 6.45) is 2.60. The van der Waals surface area contributed by atoms with E-state index in [9.17, 15) is 9.36 Å². The van der Waals surface area contributed by atoms with E-state index in [4.69, 9.17) is 4.74 Å². The molecular weight excluding hydrogens is 389 g/mol. The second kappa shape index (κ2) is 7.51. The highest BCUT2D eigenvalue weighted by Crippen LogP contribution is 2.46. The van der Waals surface area contributed by atoms with Crippen LogP contribution in [-0.2, 0) is 19.6 Å². The zero-order chi connectivity index (χ0) is 19.6. The summed E-state index contributed by atoms with van der Waals surface area (Å²) in [5.41, 5.74) is -0.849. The third kappa shape index (κ3) is 3.37. The number of benzene rings is 2. The van der Waals surface area contributed by atoms with E-state index in [0.29, 0.717) is 10.6 Å². The Hall–Kier alpha value is -2.46. The molecular formula is C22H20NO3PS. The Morgan fingerprint density at radius 1 is 0.964 bits per heavy atom. The van der Waals surface area contributed by atoms with Crippen LogP contribution in [0.3, 0.4) is 0 Å². The molecule has 0 bridgehead atoms. The summed E-state index contributed by atoms with van der Waals surface area (Å²) in [5, 5.41) is 6.82. The van der Waals surface area contributed by atoms with Crippen molar-refractivity contribution >= 4 is 35.2 Å². The first-order valence-corrected chi connectivity index (χ1v) is 11.5. The number of thiophene rings is 1. The largest absolute Gasteiger partial charge is 0.453 e. The predicted molar refractivity (Wildman–Crippen MR) is 114 cm³/mol. The highest BCUT2D eigenvalue weighted by atomic mass is 32.1. The van der Waals surface area contributed by atoms with Crippen LogP contribution in [0, 0.1) is 0 Å². The molecule has 3 aromatic rings. The van der Waals surface area contributed by atoms with Crippen molar-refractivity contribution in [2.75, 3.05) is 0 Å². The normalized spacial score (nSPS) is 18.6. The molecule has 0 aliphatic carbocycles. The number of esters is 1. The van der Waals surface area contributed by atoms with E-state index in [-0.39, 0.29) is 5.97 Å². The molecule has 0 saturated heterocycles. The Balaban J connectivity index is 1.85. The quantitative estimate of drug-likeness (QED) is 0.495. The van der Waals surface area contributed by atoms with Gasteiger partial charge in [0.1, 0.15) is 6.10 Å². The maximum absolute atomic E-state index is 14.5. The summed E-state index contributed by atoms with van der Waals surface area (Å²) in [4.78, 5) is 12.7. The fourth-order valence-electron chi connectivity index (χ4n) is 3.39. The number of hydrogen-bond donors (Lipinski definition) is 1. The average molecular weight is 409 g/mol. The van der Waals surface area contributed by atoms with Crippen molar-refractivity contribution in [2.24, 2.45) is 0 Å². The van der Waals surface area contributed by atoms with Gasteiger partial charge in [-0.2, -0.15) is 0 Å². The molecule has 1 N–H and O–H groups in total. The Morgan fingerprint density at radius 2 is 1.57 bits per heavy atom. The van der Waals surface area contributed by atoms with Gasteiger partial charge in [0, 0.05) is 21.6 Å². The highest BCUT2D eigenvalue weighted by molar-refractivity contribution is 7.77. The maximum Gasteiger partial charge on any atom is 0.331 e. The number of rotatable bonds is 6. The van der Waals surface area contributed by atoms with E-state index >= 15 is 0 Å². The van der Waals surface area contributed by atoms with Gasteiger partial charge in [-0.25, -0.2) is 9.88 Å². The average Bonchev–Trinajstić information content (AvgIpc) is 3.42. The standard InChI is InChI=1S/C22H20NO3PS/c1-22(20-13-8-16-28-20,19-14-15-21(24)26-19)23-27(25,17-9-4-2-5-10-17)18-11-6-3-7-12-18/h2-16,19H,1H3,(H,23,25)/t19?,22-/m1/s1. The van der Waals surface area contributed by atoms with Gasteiger partial charge in [0.25, 0.3) is 0 Å². The van der Waals surface area contributed by atoms with Crippen molar-refractivity contribution in [2.45, 2.75) is 18.6 Å². The zero-order valence-corrected chi connectivity index (χ0v) is 17.0. The van der Waals surface area contributed by atoms with Crippen LogP contribution in [0.2, 0.25) is 0 Å². The molecule has 2 atom stereocenters. The van der Waals surface area contributed by atoms with E-state index in [1.807, 2.05) is 85.1 Å². The lowest BCUT2D eigenvalue weighted by Gasteiger charge is -2.37. The molecule has 0 radical (unpaired) electrons. The van der Waals surface area contributed by atoms with Gasteiger partial charge < -0.3 is 4.74 Å². The Bertz CT molecular complexity index is 991. The van der Waals surface area contributed by atoms with Gasteiger partial charge in [0.2, 0.25) is 7.29 Å². The fraction of sp³-hybridized carbons (Fsp3) is 0.136. The molecule has 0 amide bonds. The number of ether oxygens (including phenoxy) is 1. The van der Waals surface area contributed by atoms with E-state index in [1.165, 1.54) is 6.08 Å². The highest BCUT2D eigenvalue weighted by Gasteiger charge is 2.45. The number of cyclic esters (lactones) is 1. The number of carbonyl (C=O) groups is 1. The number of nitrogens with one attached hydrogen (secondary N) is 1. The molecule has 1 unspecified atom stereocenters. The molecule has 6 heteroatoms. The minimum absolute atomic E-state index is 0.385. The van der Waals surface area contributed by atoms with Gasteiger partial charge in [0.05, 0.1) is 5.54 Å². The van der Waals surface area contributed by atoms with Crippen molar-refractivity contribution < 1.29 is 14.1 Å². The summed E-state index contributed by atoms with van der Waals surface area (Å²) in [7, 11) is -3.23. The molecule has 2 heterocycles. The minimum atomic E-state index is -3.23. The zero-order valence-electron chi connectivity index (χ0n) is 15.3. The fourth-order valence-corrected chi connectivity index (χ4v) is 6.98. The van der Waals surface area contributed by atoms with Crippen LogP contribution in [0.1, 0.15) is 11.8 Å². The third-order valence-electron chi connectivity index (χ3n) is 4.88. The van der Waals surface area contributed by atoms with Crippen molar-refractivity contribution in [1.82, 2.24) is 5.09 Å². The van der Waals surface area contributed by atoms with Crippen LogP contribution < -0.4 is 15.7 Å². The SMILES string of the molecule is C[C@](NP(=O)(c1ccccc1)c1ccccc1)(c1cccs1)C1C=CC(=O)O1. The van der Waals surface area contributed by atoms with Gasteiger partial charge in [-0.3, -0.25) is 4.57 Å². The van der Waals surface area contributed by atoms with Gasteiger partial charge in [0.15, 0.2) is 0 Å². The van der Waals surface area contributed by atoms with E-state index in [1.54, 1.807) is 17.4 Å². The summed E-state index contributed by atoms with van der Waals surface area (Å²) in [6.45, 7) is 1.94. The van der Waals surface area contributed by atoms with Crippen molar-refractivity contribution in [3.8, 4) is 0 Å². The summed E-state index contributed by atoms with van der Waals surface area (Å²) >= 11 is 1.54. The molecule has 2 aromatic carbocycles. The lowest BCUT2D eigenvalue weighted by atomic mass is 9.94. The molecule has 28 heavy (non-hydrogen) atoms. The molecule has 142 valence electrons. The molecule has 4 nitrogen and oxygen atoms in total. The van der Waals surface area contributed by atoms with Crippen LogP contribution in [0.4, 0.5) is 0 Å². The second-order valence-electron chi connectivity index (χ2n) is 6.79. The van der Waals surface area contributed by atoms with Crippen molar-refractivity contribution in [3.05, 3.63) is 95.2 Å². The predicted octanol–water partition coefficient (Wildman–Crippen LogP) is 3.96. The summed E-state index contributed by atoms with van der Waals surface area (Å²) < 4.78 is 20.0. The van der Waals surface area contributed by atoms with E-state index < -0.39 is 18.9 Å². The third-order valence-corrected chi connectivity index (χ3v) is 8.82. The first-order valence-electron chi connectivity index (χ1n) is 8.96. The first kappa shape index (κ1) is 18.9. The van der Waals surface area contributed by atoms with Crippen molar-refractivity contribution in [1.29, 1.82) is 0 Å². The number of hydrogen-bond acceptors (Lipinski definition) is 4. The minimum Gasteiger partial charge on any atom is -0.453 e. The first-order chi connectivity index (χ1) is 13.5. The van der Waals surface area contributed by atoms with Crippen LogP contribution in [0.15, 0.2) is 90.3 Å². The van der Waals surface area contributed by atoms with Crippen LogP contribution >= 0.6 is 18.6 Å². The smallest absolute Gasteiger partial charge is 0.331 e. The van der Waals surface area contributed by atoms with Gasteiger partial charge in [-0.05, 0) is 48.7 Å². The van der Waals surface area contributed by atoms with E-state index in [2.05, 4.69) is 5.09 Å². The molecule has 1 aliphatic rings. The number of carbonyl (C=O) groups excluding carboxylic acids is 1. The lowest BCUT2D eigenvalue weighted by Crippen LogP contribution is -2.49. The Labute approximate surface area is 168 Å². The molecule has 0 spiro atoms. The second-order valence-corrected chi connectivity index (χ2v) is 10.2. The monoisotopic (exact) mass is 409 g/mol. The van der Waals surface area contributed by atoms with Crippen LogP contribution in [0.5, 0.6) is 0 Å². The van der Waals surface area contributed by atoms with Gasteiger partial charge in [-0.15, -0.1) is 11.3 Å². The van der Waals surface area contributed by atoms with Crippen molar-refractivity contribution in [3.63, 3.8) is 0 Å². The van der Waals surface area contributed by atoms with Gasteiger partial charge >= 0.3 is 5.97 Å². The summed E-state index contributed by atoms with van der Waals surface area (Å²) in [6, 6.07) is 22.7. The molecule has 4 rings (SSSR count).